The van der Waals surface area contributed by atoms with Gasteiger partial charge in [0.25, 0.3) is 0 Å². The monoisotopic (exact) mass is 355 g/mol. The fourth-order valence-electron chi connectivity index (χ4n) is 2.75. The van der Waals surface area contributed by atoms with Crippen molar-refractivity contribution in [1.29, 1.82) is 0 Å². The molecule has 1 fully saturated rings. The van der Waals surface area contributed by atoms with Gasteiger partial charge in [0.05, 0.1) is 0 Å². The number of guanidine groups is 1. The lowest BCUT2D eigenvalue weighted by atomic mass is 10.1. The zero-order chi connectivity index (χ0) is 18.7. The second-order valence-electron chi connectivity index (χ2n) is 7.39. The Hall–Kier alpha value is -1.50. The maximum atomic E-state index is 12.1. The van der Waals surface area contributed by atoms with Crippen LogP contribution in [0.4, 0.5) is 4.79 Å². The molecule has 1 aliphatic rings. The van der Waals surface area contributed by atoms with Crippen LogP contribution in [-0.2, 0) is 4.74 Å². The van der Waals surface area contributed by atoms with Gasteiger partial charge in [-0.05, 0) is 53.6 Å². The summed E-state index contributed by atoms with van der Waals surface area (Å²) in [5.74, 6) is 0.775. The van der Waals surface area contributed by atoms with Crippen molar-refractivity contribution in [3.63, 3.8) is 0 Å². The molecule has 0 aromatic heterocycles. The SMILES string of the molecule is CCN(CCNC(=NC)NCCN1CCCCC1)C(=O)OC(C)(C)C. The first kappa shape index (κ1) is 21.5. The quantitative estimate of drug-likeness (QED) is 0.539. The molecule has 0 spiro atoms. The van der Waals surface area contributed by atoms with E-state index in [9.17, 15) is 4.79 Å². The van der Waals surface area contributed by atoms with E-state index in [1.807, 2.05) is 27.7 Å². The number of carbonyl (C=O) groups is 1. The molecule has 1 heterocycles. The minimum Gasteiger partial charge on any atom is -0.444 e. The van der Waals surface area contributed by atoms with Crippen LogP contribution in [-0.4, -0.2) is 80.3 Å². The number of aliphatic imine (C=N–C) groups is 1. The first-order chi connectivity index (χ1) is 11.9. The van der Waals surface area contributed by atoms with Gasteiger partial charge in [-0.25, -0.2) is 4.79 Å². The highest BCUT2D eigenvalue weighted by molar-refractivity contribution is 5.79. The van der Waals surface area contributed by atoms with Gasteiger partial charge in [-0.3, -0.25) is 4.99 Å². The minimum absolute atomic E-state index is 0.273. The maximum absolute atomic E-state index is 12.1. The predicted octanol–water partition coefficient (Wildman–Crippen LogP) is 1.89. The Morgan fingerprint density at radius 2 is 1.80 bits per heavy atom. The topological polar surface area (TPSA) is 69.2 Å². The number of piperidine rings is 1. The summed E-state index contributed by atoms with van der Waals surface area (Å²) in [6, 6.07) is 0. The molecule has 7 nitrogen and oxygen atoms in total. The van der Waals surface area contributed by atoms with Gasteiger partial charge in [0.15, 0.2) is 5.96 Å². The van der Waals surface area contributed by atoms with Crippen molar-refractivity contribution in [2.24, 2.45) is 4.99 Å². The van der Waals surface area contributed by atoms with E-state index in [1.54, 1.807) is 11.9 Å². The smallest absolute Gasteiger partial charge is 0.410 e. The Morgan fingerprint density at radius 3 is 2.36 bits per heavy atom. The molecule has 0 aromatic rings. The fourth-order valence-corrected chi connectivity index (χ4v) is 2.75. The molecule has 7 heteroatoms. The van der Waals surface area contributed by atoms with E-state index >= 15 is 0 Å². The predicted molar refractivity (Wildman–Crippen MR) is 103 cm³/mol. The third kappa shape index (κ3) is 9.53. The van der Waals surface area contributed by atoms with Gasteiger partial charge in [-0.1, -0.05) is 6.42 Å². The summed E-state index contributed by atoms with van der Waals surface area (Å²) in [5.41, 5.74) is -0.468. The third-order valence-corrected chi connectivity index (χ3v) is 4.10. The van der Waals surface area contributed by atoms with Crippen LogP contribution >= 0.6 is 0 Å². The average Bonchev–Trinajstić information content (AvgIpc) is 2.56. The molecule has 25 heavy (non-hydrogen) atoms. The standard InChI is InChI=1S/C18H37N5O2/c1-6-23(17(24)25-18(2,3)4)15-11-21-16(19-5)20-10-14-22-12-8-7-9-13-22/h6-15H2,1-5H3,(H2,19,20,21). The largest absolute Gasteiger partial charge is 0.444 e. The number of amides is 1. The molecule has 2 N–H and O–H groups in total. The highest BCUT2D eigenvalue weighted by Gasteiger charge is 2.20. The van der Waals surface area contributed by atoms with Gasteiger partial charge in [0, 0.05) is 39.8 Å². The van der Waals surface area contributed by atoms with E-state index in [-0.39, 0.29) is 6.09 Å². The summed E-state index contributed by atoms with van der Waals surface area (Å²) in [6.45, 7) is 13.8. The van der Waals surface area contributed by atoms with Crippen LogP contribution in [0.5, 0.6) is 0 Å². The molecule has 0 aromatic carbocycles. The lowest BCUT2D eigenvalue weighted by Crippen LogP contribution is -2.46. The number of hydrogen-bond donors (Lipinski definition) is 2. The van der Waals surface area contributed by atoms with Crippen molar-refractivity contribution < 1.29 is 9.53 Å². The van der Waals surface area contributed by atoms with Crippen LogP contribution in [0.15, 0.2) is 4.99 Å². The van der Waals surface area contributed by atoms with Gasteiger partial charge in [0.2, 0.25) is 0 Å². The summed E-state index contributed by atoms with van der Waals surface area (Å²) >= 11 is 0. The van der Waals surface area contributed by atoms with Crippen molar-refractivity contribution in [2.45, 2.75) is 52.6 Å². The molecule has 1 rings (SSSR count). The highest BCUT2D eigenvalue weighted by Crippen LogP contribution is 2.09. The lowest BCUT2D eigenvalue weighted by molar-refractivity contribution is 0.0264. The zero-order valence-corrected chi connectivity index (χ0v) is 16.7. The van der Waals surface area contributed by atoms with Crippen molar-refractivity contribution in [3.05, 3.63) is 0 Å². The second-order valence-corrected chi connectivity index (χ2v) is 7.39. The Kier molecular flexibility index (Phi) is 9.63. The number of hydrogen-bond acceptors (Lipinski definition) is 4. The number of ether oxygens (including phenoxy) is 1. The van der Waals surface area contributed by atoms with E-state index in [1.165, 1.54) is 32.4 Å². The number of rotatable bonds is 7. The molecule has 1 amide bonds. The molecule has 0 atom stereocenters. The molecule has 146 valence electrons. The molecular formula is C18H37N5O2. The van der Waals surface area contributed by atoms with Crippen LogP contribution in [0, 0.1) is 0 Å². The molecule has 0 unspecified atom stereocenters. The van der Waals surface area contributed by atoms with Crippen molar-refractivity contribution in [2.75, 3.05) is 52.9 Å². The van der Waals surface area contributed by atoms with Crippen molar-refractivity contribution in [3.8, 4) is 0 Å². The van der Waals surface area contributed by atoms with Gasteiger partial charge in [-0.15, -0.1) is 0 Å². The van der Waals surface area contributed by atoms with Crippen LogP contribution in [0.1, 0.15) is 47.0 Å². The molecular weight excluding hydrogens is 318 g/mol. The Labute approximate surface area is 153 Å². The second kappa shape index (κ2) is 11.2. The Bertz CT molecular complexity index is 414. The van der Waals surface area contributed by atoms with E-state index in [2.05, 4.69) is 20.5 Å². The highest BCUT2D eigenvalue weighted by atomic mass is 16.6. The number of likely N-dealkylation sites (N-methyl/N-ethyl adjacent to an activating group) is 1. The lowest BCUT2D eigenvalue weighted by Gasteiger charge is -2.27. The Morgan fingerprint density at radius 1 is 1.16 bits per heavy atom. The van der Waals surface area contributed by atoms with E-state index < -0.39 is 5.60 Å². The van der Waals surface area contributed by atoms with Crippen LogP contribution in [0.3, 0.4) is 0 Å². The normalized spacial score (nSPS) is 16.4. The van der Waals surface area contributed by atoms with Gasteiger partial charge in [0.1, 0.15) is 5.60 Å². The number of likely N-dealkylation sites (tertiary alicyclic amines) is 1. The van der Waals surface area contributed by atoms with Crippen molar-refractivity contribution >= 4 is 12.1 Å². The number of carbonyl (C=O) groups excluding carboxylic acids is 1. The molecule has 0 radical (unpaired) electrons. The fraction of sp³-hybridized carbons (Fsp3) is 0.889. The summed E-state index contributed by atoms with van der Waals surface area (Å²) in [5, 5.41) is 6.60. The van der Waals surface area contributed by atoms with Gasteiger partial charge in [-0.2, -0.15) is 0 Å². The Balaban J connectivity index is 2.25. The molecule has 0 aliphatic carbocycles. The number of nitrogens with zero attached hydrogens (tertiary/aromatic N) is 3. The zero-order valence-electron chi connectivity index (χ0n) is 16.7. The van der Waals surface area contributed by atoms with E-state index in [4.69, 9.17) is 4.74 Å². The van der Waals surface area contributed by atoms with Crippen LogP contribution < -0.4 is 10.6 Å². The third-order valence-electron chi connectivity index (χ3n) is 4.10. The summed E-state index contributed by atoms with van der Waals surface area (Å²) in [4.78, 5) is 20.5. The molecule has 1 saturated heterocycles. The van der Waals surface area contributed by atoms with Crippen LogP contribution in [0.25, 0.3) is 0 Å². The van der Waals surface area contributed by atoms with E-state index in [0.717, 1.165) is 19.0 Å². The number of nitrogens with one attached hydrogen (secondary N) is 2. The van der Waals surface area contributed by atoms with Gasteiger partial charge < -0.3 is 25.2 Å². The van der Waals surface area contributed by atoms with E-state index in [0.29, 0.717) is 19.6 Å². The van der Waals surface area contributed by atoms with Crippen LogP contribution in [0.2, 0.25) is 0 Å². The van der Waals surface area contributed by atoms with Gasteiger partial charge >= 0.3 is 6.09 Å². The maximum Gasteiger partial charge on any atom is 0.410 e. The molecule has 0 bridgehead atoms. The minimum atomic E-state index is -0.468. The molecule has 0 saturated carbocycles. The molecule has 1 aliphatic heterocycles. The first-order valence-electron chi connectivity index (χ1n) is 9.50. The summed E-state index contributed by atoms with van der Waals surface area (Å²) < 4.78 is 5.41. The first-order valence-corrected chi connectivity index (χ1v) is 9.50. The summed E-state index contributed by atoms with van der Waals surface area (Å²) in [7, 11) is 1.77. The average molecular weight is 356 g/mol. The summed E-state index contributed by atoms with van der Waals surface area (Å²) in [6.07, 6.45) is 3.71. The van der Waals surface area contributed by atoms with Crippen molar-refractivity contribution in [1.82, 2.24) is 20.4 Å².